The van der Waals surface area contributed by atoms with E-state index in [-0.39, 0.29) is 12.3 Å². The Balaban J connectivity index is 1.77. The van der Waals surface area contributed by atoms with Crippen LogP contribution in [0.1, 0.15) is 16.7 Å². The van der Waals surface area contributed by atoms with Gasteiger partial charge in [-0.2, -0.15) is 0 Å². The molecule has 0 aliphatic heterocycles. The fraction of sp³-hybridized carbons (Fsp3) is 0.143. The molecule has 6 heteroatoms. The molecule has 27 heavy (non-hydrogen) atoms. The van der Waals surface area contributed by atoms with E-state index in [1.165, 1.54) is 19.2 Å². The van der Waals surface area contributed by atoms with Gasteiger partial charge in [0.15, 0.2) is 0 Å². The van der Waals surface area contributed by atoms with Gasteiger partial charge in [-0.3, -0.25) is 10.1 Å². The molecule has 0 heterocycles. The van der Waals surface area contributed by atoms with Crippen LogP contribution in [-0.4, -0.2) is 12.0 Å². The zero-order valence-corrected chi connectivity index (χ0v) is 14.7. The Labute approximate surface area is 156 Å². The van der Waals surface area contributed by atoms with Gasteiger partial charge in [-0.05, 0) is 29.8 Å². The number of nitrogens with zero attached hydrogens (tertiary/aromatic N) is 1. The van der Waals surface area contributed by atoms with Crippen LogP contribution in [0.3, 0.4) is 0 Å². The summed E-state index contributed by atoms with van der Waals surface area (Å²) in [5.74, 6) is 0.274. The average molecular weight is 367 g/mol. The van der Waals surface area contributed by atoms with E-state index in [1.807, 2.05) is 30.3 Å². The smallest absolute Gasteiger partial charge is 0.276 e. The molecule has 0 aliphatic rings. The lowest BCUT2D eigenvalue weighted by molar-refractivity contribution is -0.385. The maximum Gasteiger partial charge on any atom is 0.276 e. The lowest BCUT2D eigenvalue weighted by Crippen LogP contribution is -2.01. The van der Waals surface area contributed by atoms with E-state index >= 15 is 0 Å². The molecule has 3 aromatic carbocycles. The molecule has 0 bridgehead atoms. The third kappa shape index (κ3) is 4.61. The van der Waals surface area contributed by atoms with Crippen molar-refractivity contribution in [2.75, 3.05) is 7.11 Å². The second-order valence-electron chi connectivity index (χ2n) is 5.96. The van der Waals surface area contributed by atoms with E-state index in [1.54, 1.807) is 24.3 Å². The van der Waals surface area contributed by atoms with Crippen LogP contribution in [0.15, 0.2) is 66.7 Å². The van der Waals surface area contributed by atoms with Crippen LogP contribution in [0.25, 0.3) is 0 Å². The second-order valence-corrected chi connectivity index (χ2v) is 5.96. The molecule has 0 fully saturated rings. The highest BCUT2D eigenvalue weighted by Gasteiger charge is 2.16. The molecule has 0 saturated carbocycles. The van der Waals surface area contributed by atoms with Crippen LogP contribution in [0.5, 0.6) is 11.5 Å². The second kappa shape index (κ2) is 8.31. The number of hydrogen-bond donors (Lipinski definition) is 0. The largest absolute Gasteiger partial charge is 0.497 e. The van der Waals surface area contributed by atoms with Crippen molar-refractivity contribution in [3.05, 3.63) is 99.4 Å². The first-order valence-electron chi connectivity index (χ1n) is 8.33. The molecule has 0 amide bonds. The molecule has 0 radical (unpaired) electrons. The van der Waals surface area contributed by atoms with Gasteiger partial charge in [-0.25, -0.2) is 4.39 Å². The van der Waals surface area contributed by atoms with Crippen molar-refractivity contribution < 1.29 is 18.8 Å². The Bertz CT molecular complexity index is 944. The van der Waals surface area contributed by atoms with Gasteiger partial charge in [0, 0.05) is 23.6 Å². The fourth-order valence-electron chi connectivity index (χ4n) is 2.70. The van der Waals surface area contributed by atoms with Crippen LogP contribution >= 0.6 is 0 Å². The van der Waals surface area contributed by atoms with Crippen molar-refractivity contribution in [1.82, 2.24) is 0 Å². The highest BCUT2D eigenvalue weighted by atomic mass is 19.1. The monoisotopic (exact) mass is 367 g/mol. The number of ether oxygens (including phenoxy) is 2. The molecule has 0 unspecified atom stereocenters. The molecule has 3 aromatic rings. The van der Waals surface area contributed by atoms with Crippen molar-refractivity contribution in [3.8, 4) is 11.5 Å². The van der Waals surface area contributed by atoms with E-state index in [0.717, 1.165) is 5.56 Å². The Morgan fingerprint density at radius 2 is 1.67 bits per heavy atom. The van der Waals surface area contributed by atoms with Crippen molar-refractivity contribution in [2.45, 2.75) is 13.0 Å². The topological polar surface area (TPSA) is 61.6 Å². The Kier molecular flexibility index (Phi) is 5.66. The predicted molar refractivity (Wildman–Crippen MR) is 99.6 cm³/mol. The van der Waals surface area contributed by atoms with Crippen molar-refractivity contribution >= 4 is 5.69 Å². The molecule has 0 spiro atoms. The highest BCUT2D eigenvalue weighted by molar-refractivity contribution is 5.48. The molecular formula is C21H18FNO4. The first-order valence-corrected chi connectivity index (χ1v) is 8.33. The first-order chi connectivity index (χ1) is 13.1. The zero-order valence-electron chi connectivity index (χ0n) is 14.7. The summed E-state index contributed by atoms with van der Waals surface area (Å²) in [5.41, 5.74) is 1.89. The summed E-state index contributed by atoms with van der Waals surface area (Å²) in [6.07, 6.45) is 0.449. The minimum absolute atomic E-state index is 0.0217. The summed E-state index contributed by atoms with van der Waals surface area (Å²) < 4.78 is 24.5. The van der Waals surface area contributed by atoms with Gasteiger partial charge in [-0.15, -0.1) is 0 Å². The standard InChI is InChI=1S/C21H18FNO4/c1-26-18-9-8-17(20(22)12-18)14-27-19-10-7-16(21(13-19)23(24)25)11-15-5-3-2-4-6-15/h2-10,12-13H,11,14H2,1H3. The van der Waals surface area contributed by atoms with Crippen LogP contribution in [0, 0.1) is 15.9 Å². The summed E-state index contributed by atoms with van der Waals surface area (Å²) in [6.45, 7) is -0.0367. The number of hydrogen-bond acceptors (Lipinski definition) is 4. The summed E-state index contributed by atoms with van der Waals surface area (Å²) in [4.78, 5) is 11.0. The van der Waals surface area contributed by atoms with Crippen molar-refractivity contribution in [2.24, 2.45) is 0 Å². The minimum atomic E-state index is -0.454. The van der Waals surface area contributed by atoms with E-state index in [0.29, 0.717) is 29.0 Å². The number of halogens is 1. The van der Waals surface area contributed by atoms with E-state index in [4.69, 9.17) is 9.47 Å². The predicted octanol–water partition coefficient (Wildman–Crippen LogP) is 4.91. The number of benzene rings is 3. The summed E-state index contributed by atoms with van der Waals surface area (Å²) in [6, 6.07) is 18.7. The maximum atomic E-state index is 14.0. The number of methoxy groups -OCH3 is 1. The zero-order chi connectivity index (χ0) is 19.2. The maximum absolute atomic E-state index is 14.0. The van der Waals surface area contributed by atoms with Crippen LogP contribution < -0.4 is 9.47 Å². The van der Waals surface area contributed by atoms with Gasteiger partial charge in [0.1, 0.15) is 23.9 Å². The fourth-order valence-corrected chi connectivity index (χ4v) is 2.70. The van der Waals surface area contributed by atoms with E-state index in [9.17, 15) is 14.5 Å². The van der Waals surface area contributed by atoms with Gasteiger partial charge in [-0.1, -0.05) is 30.3 Å². The number of rotatable bonds is 7. The first kappa shape index (κ1) is 18.4. The normalized spacial score (nSPS) is 10.4. The van der Waals surface area contributed by atoms with Gasteiger partial charge < -0.3 is 9.47 Å². The molecule has 0 aromatic heterocycles. The molecule has 138 valence electrons. The van der Waals surface area contributed by atoms with Gasteiger partial charge in [0.2, 0.25) is 0 Å². The molecule has 0 saturated heterocycles. The van der Waals surface area contributed by atoms with Crippen LogP contribution in [0.2, 0.25) is 0 Å². The van der Waals surface area contributed by atoms with Crippen molar-refractivity contribution in [1.29, 1.82) is 0 Å². The third-order valence-corrected chi connectivity index (χ3v) is 4.15. The van der Waals surface area contributed by atoms with Crippen LogP contribution in [0.4, 0.5) is 10.1 Å². The van der Waals surface area contributed by atoms with Crippen molar-refractivity contribution in [3.63, 3.8) is 0 Å². The summed E-state index contributed by atoms with van der Waals surface area (Å²) >= 11 is 0. The molecule has 3 rings (SSSR count). The molecular weight excluding hydrogens is 349 g/mol. The Morgan fingerprint density at radius 3 is 2.33 bits per heavy atom. The SMILES string of the molecule is COc1ccc(COc2ccc(Cc3ccccc3)c([N+](=O)[O-])c2)c(F)c1. The Morgan fingerprint density at radius 1 is 0.963 bits per heavy atom. The lowest BCUT2D eigenvalue weighted by Gasteiger charge is -2.10. The quantitative estimate of drug-likeness (QED) is 0.440. The van der Waals surface area contributed by atoms with Crippen LogP contribution in [-0.2, 0) is 13.0 Å². The average Bonchev–Trinajstić information content (AvgIpc) is 2.68. The molecule has 0 atom stereocenters. The third-order valence-electron chi connectivity index (χ3n) is 4.15. The molecule has 0 N–H and O–H groups in total. The minimum Gasteiger partial charge on any atom is -0.497 e. The molecule has 0 aliphatic carbocycles. The highest BCUT2D eigenvalue weighted by Crippen LogP contribution is 2.28. The van der Waals surface area contributed by atoms with Gasteiger partial charge in [0.05, 0.1) is 18.1 Å². The molecule has 5 nitrogen and oxygen atoms in total. The summed E-state index contributed by atoms with van der Waals surface area (Å²) in [5, 5.41) is 11.4. The summed E-state index contributed by atoms with van der Waals surface area (Å²) in [7, 11) is 1.46. The number of nitro benzene ring substituents is 1. The lowest BCUT2D eigenvalue weighted by atomic mass is 10.0. The Hall–Kier alpha value is -3.41. The van der Waals surface area contributed by atoms with E-state index < -0.39 is 10.7 Å². The van der Waals surface area contributed by atoms with Gasteiger partial charge >= 0.3 is 0 Å². The van der Waals surface area contributed by atoms with Gasteiger partial charge in [0.25, 0.3) is 5.69 Å². The number of nitro groups is 1. The van der Waals surface area contributed by atoms with E-state index in [2.05, 4.69) is 0 Å².